The van der Waals surface area contributed by atoms with Crippen LogP contribution < -0.4 is 10.6 Å². The van der Waals surface area contributed by atoms with Crippen LogP contribution in [0.2, 0.25) is 5.02 Å². The third-order valence-corrected chi connectivity index (χ3v) is 5.13. The van der Waals surface area contributed by atoms with Crippen molar-refractivity contribution in [3.05, 3.63) is 77.0 Å². The SMILES string of the molecule is CC(=N)CN(C)C1C=CC(C(O)Nc2ccccc2C(=O)Nc2ccc(Cl)cn2)=CC1. The first kappa shape index (κ1) is 22.7. The van der Waals surface area contributed by atoms with Crippen LogP contribution in [0.25, 0.3) is 0 Å². The molecule has 1 amide bonds. The molecule has 2 aromatic rings. The van der Waals surface area contributed by atoms with E-state index < -0.39 is 6.23 Å². The lowest BCUT2D eigenvalue weighted by atomic mass is 10.0. The Morgan fingerprint density at radius 3 is 2.77 bits per heavy atom. The van der Waals surface area contributed by atoms with E-state index in [0.717, 1.165) is 12.0 Å². The van der Waals surface area contributed by atoms with Gasteiger partial charge in [-0.1, -0.05) is 42.0 Å². The normalized spacial score (nSPS) is 16.5. The summed E-state index contributed by atoms with van der Waals surface area (Å²) in [5, 5.41) is 24.6. The molecule has 0 spiro atoms. The average molecular weight is 440 g/mol. The molecule has 0 radical (unpaired) electrons. The molecule has 0 aliphatic heterocycles. The molecule has 4 N–H and O–H groups in total. The molecule has 0 saturated heterocycles. The van der Waals surface area contributed by atoms with E-state index in [4.69, 9.17) is 17.0 Å². The standard InChI is InChI=1S/C23H26ClN5O2/c1-15(25)14-29(2)18-10-7-16(8-11-18)22(30)27-20-6-4-3-5-19(20)23(31)28-21-12-9-17(24)13-26-21/h3-10,12-13,18,22,25,27,30H,11,14H2,1-2H3,(H,26,28,31). The van der Waals surface area contributed by atoms with Gasteiger partial charge in [0.15, 0.2) is 6.23 Å². The molecule has 2 atom stereocenters. The number of halogens is 1. The van der Waals surface area contributed by atoms with Crippen molar-refractivity contribution in [3.8, 4) is 0 Å². The number of anilines is 2. The molecule has 7 nitrogen and oxygen atoms in total. The summed E-state index contributed by atoms with van der Waals surface area (Å²) in [4.78, 5) is 18.9. The fraction of sp³-hybridized carbons (Fsp3) is 0.261. The van der Waals surface area contributed by atoms with Crippen molar-refractivity contribution in [1.82, 2.24) is 9.88 Å². The maximum absolute atomic E-state index is 12.7. The van der Waals surface area contributed by atoms with Gasteiger partial charge in [-0.15, -0.1) is 0 Å². The van der Waals surface area contributed by atoms with E-state index in [1.54, 1.807) is 43.3 Å². The molecular formula is C23H26ClN5O2. The van der Waals surface area contributed by atoms with E-state index in [-0.39, 0.29) is 11.9 Å². The average Bonchev–Trinajstić information content (AvgIpc) is 2.75. The Balaban J connectivity index is 1.66. The highest BCUT2D eigenvalue weighted by Gasteiger charge is 2.19. The van der Waals surface area contributed by atoms with E-state index in [9.17, 15) is 9.90 Å². The number of benzene rings is 1. The molecular weight excluding hydrogens is 414 g/mol. The van der Waals surface area contributed by atoms with Crippen molar-refractivity contribution >= 4 is 34.7 Å². The van der Waals surface area contributed by atoms with Crippen molar-refractivity contribution in [2.24, 2.45) is 0 Å². The summed E-state index contributed by atoms with van der Waals surface area (Å²) in [6, 6.07) is 10.4. The van der Waals surface area contributed by atoms with Gasteiger partial charge in [-0.25, -0.2) is 4.98 Å². The lowest BCUT2D eigenvalue weighted by molar-refractivity contribution is 0.102. The lowest BCUT2D eigenvalue weighted by Crippen LogP contribution is -2.35. The molecule has 1 aromatic carbocycles. The van der Waals surface area contributed by atoms with Gasteiger partial charge < -0.3 is 21.1 Å². The topological polar surface area (TPSA) is 101 Å². The van der Waals surface area contributed by atoms with Crippen LogP contribution in [-0.4, -0.2) is 52.5 Å². The van der Waals surface area contributed by atoms with Crippen LogP contribution in [0.3, 0.4) is 0 Å². The Morgan fingerprint density at radius 1 is 1.35 bits per heavy atom. The van der Waals surface area contributed by atoms with Crippen molar-refractivity contribution < 1.29 is 9.90 Å². The van der Waals surface area contributed by atoms with Crippen LogP contribution in [0.4, 0.5) is 11.5 Å². The number of nitrogens with one attached hydrogen (secondary N) is 3. The maximum Gasteiger partial charge on any atom is 0.258 e. The van der Waals surface area contributed by atoms with E-state index in [1.807, 2.05) is 25.3 Å². The minimum atomic E-state index is -0.963. The number of aliphatic hydroxyl groups is 1. The third-order valence-electron chi connectivity index (χ3n) is 4.91. The molecule has 3 rings (SSSR count). The molecule has 1 aromatic heterocycles. The predicted molar refractivity (Wildman–Crippen MR) is 125 cm³/mol. The minimum absolute atomic E-state index is 0.182. The summed E-state index contributed by atoms with van der Waals surface area (Å²) >= 11 is 5.83. The molecule has 1 aliphatic rings. The second-order valence-electron chi connectivity index (χ2n) is 7.47. The van der Waals surface area contributed by atoms with Gasteiger partial charge in [-0.2, -0.15) is 0 Å². The van der Waals surface area contributed by atoms with E-state index in [1.165, 1.54) is 6.20 Å². The smallest absolute Gasteiger partial charge is 0.258 e. The van der Waals surface area contributed by atoms with Gasteiger partial charge in [0, 0.05) is 30.2 Å². The number of aliphatic hydroxyl groups excluding tert-OH is 1. The largest absolute Gasteiger partial charge is 0.369 e. The van der Waals surface area contributed by atoms with Crippen molar-refractivity contribution in [3.63, 3.8) is 0 Å². The van der Waals surface area contributed by atoms with Crippen LogP contribution in [0.5, 0.6) is 0 Å². The molecule has 8 heteroatoms. The lowest BCUT2D eigenvalue weighted by Gasteiger charge is -2.28. The molecule has 162 valence electrons. The van der Waals surface area contributed by atoms with Gasteiger partial charge in [-0.3, -0.25) is 9.69 Å². The van der Waals surface area contributed by atoms with Gasteiger partial charge >= 0.3 is 0 Å². The molecule has 0 bridgehead atoms. The van der Waals surface area contributed by atoms with E-state index in [0.29, 0.717) is 34.3 Å². The van der Waals surface area contributed by atoms with Crippen LogP contribution in [0.1, 0.15) is 23.7 Å². The first-order valence-electron chi connectivity index (χ1n) is 9.92. The van der Waals surface area contributed by atoms with Gasteiger partial charge in [0.05, 0.1) is 10.6 Å². The van der Waals surface area contributed by atoms with Gasteiger partial charge in [0.2, 0.25) is 0 Å². The van der Waals surface area contributed by atoms with Crippen LogP contribution in [0.15, 0.2) is 66.4 Å². The molecule has 1 heterocycles. The van der Waals surface area contributed by atoms with Gasteiger partial charge in [0.1, 0.15) is 5.82 Å². The van der Waals surface area contributed by atoms with Crippen LogP contribution >= 0.6 is 11.6 Å². The summed E-state index contributed by atoms with van der Waals surface area (Å²) in [6.45, 7) is 2.39. The minimum Gasteiger partial charge on any atom is -0.369 e. The summed E-state index contributed by atoms with van der Waals surface area (Å²) in [6.07, 6.45) is 7.10. The fourth-order valence-electron chi connectivity index (χ4n) is 3.32. The molecule has 0 saturated carbocycles. The summed E-state index contributed by atoms with van der Waals surface area (Å²) in [7, 11) is 1.98. The summed E-state index contributed by atoms with van der Waals surface area (Å²) in [5.41, 5.74) is 2.23. The molecule has 2 unspecified atom stereocenters. The highest BCUT2D eigenvalue weighted by molar-refractivity contribution is 6.30. The fourth-order valence-corrected chi connectivity index (χ4v) is 3.43. The Hall–Kier alpha value is -3.00. The van der Waals surface area contributed by atoms with Gasteiger partial charge in [0.25, 0.3) is 5.91 Å². The van der Waals surface area contributed by atoms with E-state index >= 15 is 0 Å². The highest BCUT2D eigenvalue weighted by atomic mass is 35.5. The number of rotatable bonds is 8. The molecule has 31 heavy (non-hydrogen) atoms. The third kappa shape index (κ3) is 6.24. The second-order valence-corrected chi connectivity index (χ2v) is 7.91. The van der Waals surface area contributed by atoms with Crippen molar-refractivity contribution in [2.45, 2.75) is 25.6 Å². The number of hydrogen-bond acceptors (Lipinski definition) is 6. The quantitative estimate of drug-likeness (QED) is 0.368. The van der Waals surface area contributed by atoms with Crippen LogP contribution in [-0.2, 0) is 0 Å². The van der Waals surface area contributed by atoms with E-state index in [2.05, 4.69) is 20.5 Å². The zero-order chi connectivity index (χ0) is 22.4. The Kier molecular flexibility index (Phi) is 7.57. The van der Waals surface area contributed by atoms with Gasteiger partial charge in [-0.05, 0) is 50.2 Å². The summed E-state index contributed by atoms with van der Waals surface area (Å²) < 4.78 is 0. The number of carbonyl (C=O) groups is 1. The highest BCUT2D eigenvalue weighted by Crippen LogP contribution is 2.22. The monoisotopic (exact) mass is 439 g/mol. The Labute approximate surface area is 187 Å². The number of nitrogens with zero attached hydrogens (tertiary/aromatic N) is 2. The molecule has 0 fully saturated rings. The maximum atomic E-state index is 12.7. The summed E-state index contributed by atoms with van der Waals surface area (Å²) in [5.74, 6) is 0.0417. The zero-order valence-corrected chi connectivity index (χ0v) is 18.2. The number of aromatic nitrogens is 1. The first-order valence-corrected chi connectivity index (χ1v) is 10.3. The van der Waals surface area contributed by atoms with Crippen molar-refractivity contribution in [2.75, 3.05) is 24.2 Å². The second kappa shape index (κ2) is 10.3. The number of pyridine rings is 1. The number of carbonyl (C=O) groups excluding carboxylic acids is 1. The first-order chi connectivity index (χ1) is 14.8. The van der Waals surface area contributed by atoms with Crippen LogP contribution in [0, 0.1) is 5.41 Å². The number of likely N-dealkylation sites (N-methyl/N-ethyl adjacent to an activating group) is 1. The Bertz CT molecular complexity index is 1000. The zero-order valence-electron chi connectivity index (χ0n) is 17.5. The van der Waals surface area contributed by atoms with Crippen molar-refractivity contribution in [1.29, 1.82) is 5.41 Å². The number of amides is 1. The predicted octanol–water partition coefficient (Wildman–Crippen LogP) is 3.94. The molecule has 1 aliphatic carbocycles. The Morgan fingerprint density at radius 2 is 2.13 bits per heavy atom. The number of hydrogen-bond donors (Lipinski definition) is 4. The number of para-hydroxylation sites is 1.